The Bertz CT molecular complexity index is 447. The molecule has 68 valence electrons. The number of fused-ring (bicyclic) bond motifs is 1. The van der Waals surface area contributed by atoms with Crippen LogP contribution in [0.5, 0.6) is 0 Å². The lowest BCUT2D eigenvalue weighted by Gasteiger charge is -1.92. The molecule has 0 aliphatic heterocycles. The molecule has 0 atom stereocenters. The van der Waals surface area contributed by atoms with Gasteiger partial charge in [-0.05, 0) is 19.1 Å². The predicted molar refractivity (Wildman–Crippen MR) is 59.5 cm³/mol. The van der Waals surface area contributed by atoms with Crippen LogP contribution in [-0.2, 0) is 6.54 Å². The zero-order chi connectivity index (χ0) is 9.42. The lowest BCUT2D eigenvalue weighted by atomic mass is 10.2. The molecule has 0 aliphatic rings. The van der Waals surface area contributed by atoms with E-state index in [1.807, 2.05) is 0 Å². The van der Waals surface area contributed by atoms with Gasteiger partial charge in [0.1, 0.15) is 0 Å². The molecule has 0 aliphatic carbocycles. The summed E-state index contributed by atoms with van der Waals surface area (Å²) in [4.78, 5) is 1.07. The van der Waals surface area contributed by atoms with Gasteiger partial charge in [-0.2, -0.15) is 0 Å². The third kappa shape index (κ3) is 1.46. The van der Waals surface area contributed by atoms with Crippen LogP contribution in [0.25, 0.3) is 10.1 Å². The molecule has 2 rings (SSSR count). The van der Waals surface area contributed by atoms with Crippen molar-refractivity contribution in [1.29, 1.82) is 0 Å². The second-order valence-electron chi connectivity index (χ2n) is 3.04. The van der Waals surface area contributed by atoms with Crippen LogP contribution in [0.15, 0.2) is 18.2 Å². The van der Waals surface area contributed by atoms with Crippen molar-refractivity contribution in [3.05, 3.63) is 33.7 Å². The molecular formula is C10H10ClNS. The van der Waals surface area contributed by atoms with Crippen LogP contribution in [0.1, 0.15) is 10.4 Å². The summed E-state index contributed by atoms with van der Waals surface area (Å²) in [6, 6.07) is 6.29. The molecule has 0 spiro atoms. The first-order valence-electron chi connectivity index (χ1n) is 4.10. The summed E-state index contributed by atoms with van der Waals surface area (Å²) in [5.41, 5.74) is 6.81. The fraction of sp³-hybridized carbons (Fsp3) is 0.200. The molecule has 1 aromatic heterocycles. The minimum atomic E-state index is 0.525. The molecule has 13 heavy (non-hydrogen) atoms. The molecule has 0 saturated heterocycles. The summed E-state index contributed by atoms with van der Waals surface area (Å²) in [5.74, 6) is 0. The van der Waals surface area contributed by atoms with Gasteiger partial charge in [-0.3, -0.25) is 0 Å². The van der Waals surface area contributed by atoms with Crippen molar-refractivity contribution in [3.8, 4) is 0 Å². The molecule has 0 radical (unpaired) electrons. The Morgan fingerprint density at radius 1 is 1.46 bits per heavy atom. The van der Waals surface area contributed by atoms with E-state index in [4.69, 9.17) is 17.3 Å². The number of aryl methyl sites for hydroxylation is 1. The van der Waals surface area contributed by atoms with E-state index in [1.165, 1.54) is 10.3 Å². The highest BCUT2D eigenvalue weighted by Gasteiger charge is 2.08. The van der Waals surface area contributed by atoms with Crippen LogP contribution in [0.4, 0.5) is 0 Å². The van der Waals surface area contributed by atoms with Crippen molar-refractivity contribution in [3.63, 3.8) is 0 Å². The number of benzene rings is 1. The number of hydrogen-bond donors (Lipinski definition) is 1. The SMILES string of the molecule is Cc1ccc2sc(CN)c(Cl)c2c1. The highest BCUT2D eigenvalue weighted by molar-refractivity contribution is 7.19. The van der Waals surface area contributed by atoms with Gasteiger partial charge >= 0.3 is 0 Å². The van der Waals surface area contributed by atoms with Crippen molar-refractivity contribution < 1.29 is 0 Å². The second-order valence-corrected chi connectivity index (χ2v) is 4.56. The molecular weight excluding hydrogens is 202 g/mol. The molecule has 1 aromatic carbocycles. The van der Waals surface area contributed by atoms with Gasteiger partial charge in [-0.1, -0.05) is 23.2 Å². The zero-order valence-electron chi connectivity index (χ0n) is 7.30. The summed E-state index contributed by atoms with van der Waals surface area (Å²) in [6.45, 7) is 2.59. The summed E-state index contributed by atoms with van der Waals surface area (Å²) in [6.07, 6.45) is 0. The van der Waals surface area contributed by atoms with Crippen LogP contribution in [0, 0.1) is 6.92 Å². The maximum Gasteiger partial charge on any atom is 0.0636 e. The van der Waals surface area contributed by atoms with Gasteiger partial charge in [0, 0.05) is 21.5 Å². The van der Waals surface area contributed by atoms with E-state index in [2.05, 4.69) is 25.1 Å². The van der Waals surface area contributed by atoms with E-state index < -0.39 is 0 Å². The highest BCUT2D eigenvalue weighted by Crippen LogP contribution is 2.35. The average Bonchev–Trinajstić information content (AvgIpc) is 2.44. The molecule has 1 nitrogen and oxygen atoms in total. The smallest absolute Gasteiger partial charge is 0.0636 e. The lowest BCUT2D eigenvalue weighted by molar-refractivity contribution is 1.11. The van der Waals surface area contributed by atoms with Crippen LogP contribution >= 0.6 is 22.9 Å². The summed E-state index contributed by atoms with van der Waals surface area (Å²) >= 11 is 7.84. The van der Waals surface area contributed by atoms with Gasteiger partial charge in [0.05, 0.1) is 5.02 Å². The van der Waals surface area contributed by atoms with Crippen molar-refractivity contribution in [2.45, 2.75) is 13.5 Å². The topological polar surface area (TPSA) is 26.0 Å². The number of halogens is 1. The van der Waals surface area contributed by atoms with Gasteiger partial charge in [-0.25, -0.2) is 0 Å². The van der Waals surface area contributed by atoms with Crippen molar-refractivity contribution in [2.24, 2.45) is 5.73 Å². The summed E-state index contributed by atoms with van der Waals surface area (Å²) in [5, 5.41) is 1.96. The Hall–Kier alpha value is -0.570. The number of thiophene rings is 1. The van der Waals surface area contributed by atoms with Crippen LogP contribution in [0.2, 0.25) is 5.02 Å². The average molecular weight is 212 g/mol. The maximum atomic E-state index is 6.16. The lowest BCUT2D eigenvalue weighted by Crippen LogP contribution is -1.92. The molecule has 0 amide bonds. The first-order valence-corrected chi connectivity index (χ1v) is 5.29. The standard InChI is InChI=1S/C10H10ClNS/c1-6-2-3-8-7(4-6)10(11)9(5-12)13-8/h2-4H,5,12H2,1H3. The fourth-order valence-electron chi connectivity index (χ4n) is 1.36. The first-order chi connectivity index (χ1) is 6.22. The molecule has 2 aromatic rings. The van der Waals surface area contributed by atoms with Crippen LogP contribution in [0.3, 0.4) is 0 Å². The van der Waals surface area contributed by atoms with Crippen molar-refractivity contribution in [2.75, 3.05) is 0 Å². The van der Waals surface area contributed by atoms with Gasteiger partial charge < -0.3 is 5.73 Å². The van der Waals surface area contributed by atoms with E-state index in [-0.39, 0.29) is 0 Å². The minimum absolute atomic E-state index is 0.525. The number of nitrogens with two attached hydrogens (primary N) is 1. The van der Waals surface area contributed by atoms with Crippen molar-refractivity contribution >= 4 is 33.0 Å². The van der Waals surface area contributed by atoms with E-state index in [1.54, 1.807) is 11.3 Å². The third-order valence-electron chi connectivity index (χ3n) is 2.03. The Morgan fingerprint density at radius 3 is 2.92 bits per heavy atom. The fourth-order valence-corrected chi connectivity index (χ4v) is 2.72. The van der Waals surface area contributed by atoms with E-state index >= 15 is 0 Å². The van der Waals surface area contributed by atoms with Crippen LogP contribution in [-0.4, -0.2) is 0 Å². The molecule has 2 N–H and O–H groups in total. The first kappa shape index (κ1) is 9.00. The second kappa shape index (κ2) is 3.29. The third-order valence-corrected chi connectivity index (χ3v) is 3.77. The Balaban J connectivity index is 2.77. The van der Waals surface area contributed by atoms with E-state index in [9.17, 15) is 0 Å². The largest absolute Gasteiger partial charge is 0.326 e. The van der Waals surface area contributed by atoms with Gasteiger partial charge in [0.2, 0.25) is 0 Å². The molecule has 0 fully saturated rings. The van der Waals surface area contributed by atoms with E-state index in [0.717, 1.165) is 15.3 Å². The maximum absolute atomic E-state index is 6.16. The molecule has 3 heteroatoms. The van der Waals surface area contributed by atoms with Gasteiger partial charge in [0.25, 0.3) is 0 Å². The molecule has 1 heterocycles. The molecule has 0 bridgehead atoms. The minimum Gasteiger partial charge on any atom is -0.326 e. The summed E-state index contributed by atoms with van der Waals surface area (Å²) in [7, 11) is 0. The monoisotopic (exact) mass is 211 g/mol. The van der Waals surface area contributed by atoms with E-state index in [0.29, 0.717) is 6.54 Å². The Labute approximate surface area is 86.1 Å². The highest BCUT2D eigenvalue weighted by atomic mass is 35.5. The zero-order valence-corrected chi connectivity index (χ0v) is 8.88. The number of rotatable bonds is 1. The normalized spacial score (nSPS) is 11.0. The Morgan fingerprint density at radius 2 is 2.23 bits per heavy atom. The van der Waals surface area contributed by atoms with Gasteiger partial charge in [-0.15, -0.1) is 11.3 Å². The number of hydrogen-bond acceptors (Lipinski definition) is 2. The summed E-state index contributed by atoms with van der Waals surface area (Å²) < 4.78 is 1.22. The van der Waals surface area contributed by atoms with Gasteiger partial charge in [0.15, 0.2) is 0 Å². The molecule has 0 saturated carbocycles. The Kier molecular flexibility index (Phi) is 2.28. The molecule has 0 unspecified atom stereocenters. The quantitative estimate of drug-likeness (QED) is 0.770. The van der Waals surface area contributed by atoms with Crippen LogP contribution < -0.4 is 5.73 Å². The van der Waals surface area contributed by atoms with Crippen molar-refractivity contribution in [1.82, 2.24) is 0 Å². The predicted octanol–water partition coefficient (Wildman–Crippen LogP) is 3.32.